The summed E-state index contributed by atoms with van der Waals surface area (Å²) in [7, 11) is 0. The first kappa shape index (κ1) is 32.0. The molecule has 4 aromatic heterocycles. The molecule has 0 atom stereocenters. The number of benzene rings is 3. The Hall–Kier alpha value is -4.44. The van der Waals surface area contributed by atoms with Gasteiger partial charge in [-0.05, 0) is 79.4 Å². The topological polar surface area (TPSA) is 51.8 Å². The molecule has 0 spiro atoms. The van der Waals surface area contributed by atoms with E-state index in [-0.39, 0.29) is 20.1 Å². The molecule has 5 heteroatoms. The summed E-state index contributed by atoms with van der Waals surface area (Å²) in [4.78, 5) is 13.9. The number of aryl methyl sites for hydroxylation is 4. The monoisotopic (exact) mass is 766 g/mol. The van der Waals surface area contributed by atoms with E-state index >= 15 is 0 Å². The Morgan fingerprint density at radius 2 is 1.42 bits per heavy atom. The molecule has 7 rings (SSSR count). The second-order valence-corrected chi connectivity index (χ2v) is 11.6. The average Bonchev–Trinajstić information content (AvgIpc) is 3.40. The van der Waals surface area contributed by atoms with Crippen LogP contribution in [0.3, 0.4) is 0 Å². The van der Waals surface area contributed by atoms with Crippen molar-refractivity contribution >= 4 is 22.1 Å². The van der Waals surface area contributed by atoms with Crippen LogP contribution in [-0.4, -0.2) is 15.0 Å². The molecule has 0 aliphatic rings. The van der Waals surface area contributed by atoms with E-state index in [2.05, 4.69) is 94.2 Å². The third-order valence-corrected chi connectivity index (χ3v) is 7.96. The van der Waals surface area contributed by atoms with Gasteiger partial charge in [-0.2, -0.15) is 0 Å². The van der Waals surface area contributed by atoms with E-state index in [4.69, 9.17) is 14.4 Å². The standard InChI is InChI=1S/C28H25N2O.C12H10N.Ir/c1-16(2)23-15-29-25(14-19(23)5)22-11-7-10-20-21-12-13-24(30-28(21)31-27(20)22)26-17(3)8-6-9-18(26)4;1-10-7-8-12(13-9-10)11-5-3-2-4-6-11;/h6-10,12-16H,1-5H3;2-5,7-9H,1H3;/q2*-1;. The molecule has 0 saturated heterocycles. The summed E-state index contributed by atoms with van der Waals surface area (Å²) in [6.07, 6.45) is 3.85. The fraction of sp³-hybridized carbons (Fsp3) is 0.175. The van der Waals surface area contributed by atoms with Crippen molar-refractivity contribution in [3.05, 3.63) is 137 Å². The Labute approximate surface area is 279 Å². The third kappa shape index (κ3) is 6.66. The van der Waals surface area contributed by atoms with Gasteiger partial charge in [-0.1, -0.05) is 66.8 Å². The zero-order chi connectivity index (χ0) is 30.8. The number of rotatable bonds is 4. The maximum absolute atomic E-state index is 6.32. The SMILES string of the molecule is Cc1cc(-c2[c-]ccc3c2oc2nc(-c4c(C)cccc4C)ccc23)ncc1C(C)C.Cc1ccc(-c2[c-]cccc2)nc1.[Ir]. The summed E-state index contributed by atoms with van der Waals surface area (Å²) in [6, 6.07) is 35.1. The Morgan fingerprint density at radius 3 is 2.09 bits per heavy atom. The molecule has 7 aromatic rings. The maximum Gasteiger partial charge on any atom is 0.216 e. The predicted octanol–water partition coefficient (Wildman–Crippen LogP) is 10.4. The molecule has 3 aromatic carbocycles. The van der Waals surface area contributed by atoms with Crippen LogP contribution in [-0.2, 0) is 20.1 Å². The maximum atomic E-state index is 6.32. The summed E-state index contributed by atoms with van der Waals surface area (Å²) in [5.74, 6) is 0.444. The average molecular weight is 766 g/mol. The fourth-order valence-corrected chi connectivity index (χ4v) is 5.66. The molecular formula is C40H35IrN3O-2. The number of pyridine rings is 3. The molecule has 0 unspecified atom stereocenters. The molecule has 0 amide bonds. The Morgan fingerprint density at radius 1 is 0.667 bits per heavy atom. The van der Waals surface area contributed by atoms with Gasteiger partial charge in [0.2, 0.25) is 5.71 Å². The summed E-state index contributed by atoms with van der Waals surface area (Å²) in [5.41, 5.74) is 13.4. The van der Waals surface area contributed by atoms with Gasteiger partial charge in [-0.15, -0.1) is 54.1 Å². The van der Waals surface area contributed by atoms with Gasteiger partial charge in [0, 0.05) is 43.4 Å². The molecule has 4 nitrogen and oxygen atoms in total. The smallest absolute Gasteiger partial charge is 0.216 e. The van der Waals surface area contributed by atoms with E-state index in [0.717, 1.165) is 44.6 Å². The van der Waals surface area contributed by atoms with Gasteiger partial charge < -0.3 is 14.4 Å². The largest absolute Gasteiger partial charge is 0.486 e. The summed E-state index contributed by atoms with van der Waals surface area (Å²) in [5, 5.41) is 2.05. The van der Waals surface area contributed by atoms with Crippen LogP contribution in [0.15, 0.2) is 102 Å². The van der Waals surface area contributed by atoms with E-state index in [1.807, 2.05) is 61.8 Å². The second kappa shape index (κ2) is 13.7. The Bertz CT molecular complexity index is 2060. The van der Waals surface area contributed by atoms with Gasteiger partial charge in [0.05, 0.1) is 11.3 Å². The summed E-state index contributed by atoms with van der Waals surface area (Å²) in [6.45, 7) is 12.8. The van der Waals surface area contributed by atoms with Crippen LogP contribution in [0.25, 0.3) is 55.8 Å². The van der Waals surface area contributed by atoms with Gasteiger partial charge in [-0.3, -0.25) is 0 Å². The molecule has 4 heterocycles. The van der Waals surface area contributed by atoms with Crippen molar-refractivity contribution in [3.63, 3.8) is 0 Å². The number of furan rings is 1. The van der Waals surface area contributed by atoms with E-state index in [0.29, 0.717) is 11.6 Å². The Kier molecular flexibility index (Phi) is 9.72. The minimum atomic E-state index is 0. The molecule has 0 saturated carbocycles. The molecule has 0 bridgehead atoms. The zero-order valence-electron chi connectivity index (χ0n) is 26.4. The second-order valence-electron chi connectivity index (χ2n) is 11.6. The number of aromatic nitrogens is 3. The Balaban J connectivity index is 0.000000240. The van der Waals surface area contributed by atoms with E-state index in [1.165, 1.54) is 33.4 Å². The van der Waals surface area contributed by atoms with Crippen LogP contribution in [0.4, 0.5) is 0 Å². The molecule has 0 aliphatic heterocycles. The van der Waals surface area contributed by atoms with Crippen molar-refractivity contribution in [2.75, 3.05) is 0 Å². The number of nitrogens with zero attached hydrogens (tertiary/aromatic N) is 3. The van der Waals surface area contributed by atoms with E-state index < -0.39 is 0 Å². The summed E-state index contributed by atoms with van der Waals surface area (Å²) >= 11 is 0. The van der Waals surface area contributed by atoms with Crippen LogP contribution in [0.5, 0.6) is 0 Å². The molecule has 0 N–H and O–H groups in total. The van der Waals surface area contributed by atoms with Gasteiger partial charge in [0.15, 0.2) is 0 Å². The first-order valence-corrected chi connectivity index (χ1v) is 15.0. The van der Waals surface area contributed by atoms with Gasteiger partial charge in [-0.25, -0.2) is 4.98 Å². The van der Waals surface area contributed by atoms with Crippen molar-refractivity contribution in [1.29, 1.82) is 0 Å². The van der Waals surface area contributed by atoms with Crippen molar-refractivity contribution < 1.29 is 24.5 Å². The molecular weight excluding hydrogens is 731 g/mol. The zero-order valence-corrected chi connectivity index (χ0v) is 28.8. The van der Waals surface area contributed by atoms with Gasteiger partial charge in [0.25, 0.3) is 0 Å². The van der Waals surface area contributed by atoms with Crippen LogP contribution in [0.1, 0.15) is 47.6 Å². The normalized spacial score (nSPS) is 10.9. The van der Waals surface area contributed by atoms with Crippen molar-refractivity contribution in [2.24, 2.45) is 0 Å². The minimum absolute atomic E-state index is 0. The molecule has 0 aliphatic carbocycles. The predicted molar refractivity (Wildman–Crippen MR) is 181 cm³/mol. The number of hydrogen-bond acceptors (Lipinski definition) is 4. The number of hydrogen-bond donors (Lipinski definition) is 0. The molecule has 0 fully saturated rings. The van der Waals surface area contributed by atoms with Gasteiger partial charge in [0.1, 0.15) is 0 Å². The molecule has 227 valence electrons. The third-order valence-electron chi connectivity index (χ3n) is 7.96. The molecule has 45 heavy (non-hydrogen) atoms. The minimum Gasteiger partial charge on any atom is -0.486 e. The quantitative estimate of drug-likeness (QED) is 0.168. The van der Waals surface area contributed by atoms with E-state index in [9.17, 15) is 0 Å². The first-order chi connectivity index (χ1) is 21.3. The van der Waals surface area contributed by atoms with Crippen molar-refractivity contribution in [3.8, 4) is 33.8 Å². The number of fused-ring (bicyclic) bond motifs is 3. The van der Waals surface area contributed by atoms with E-state index in [1.54, 1.807) is 0 Å². The summed E-state index contributed by atoms with van der Waals surface area (Å²) < 4.78 is 6.32. The van der Waals surface area contributed by atoms with Crippen LogP contribution in [0.2, 0.25) is 0 Å². The van der Waals surface area contributed by atoms with Gasteiger partial charge >= 0.3 is 0 Å². The fourth-order valence-electron chi connectivity index (χ4n) is 5.66. The van der Waals surface area contributed by atoms with Crippen molar-refractivity contribution in [1.82, 2.24) is 15.0 Å². The van der Waals surface area contributed by atoms with Crippen LogP contribution < -0.4 is 0 Å². The molecule has 1 radical (unpaired) electrons. The first-order valence-electron chi connectivity index (χ1n) is 15.0. The van der Waals surface area contributed by atoms with Crippen LogP contribution >= 0.6 is 0 Å². The van der Waals surface area contributed by atoms with Crippen molar-refractivity contribution in [2.45, 2.75) is 47.5 Å². The van der Waals surface area contributed by atoms with Crippen LogP contribution in [0, 0.1) is 39.8 Å².